The molecule has 0 spiro atoms. The van der Waals surface area contributed by atoms with Crippen LogP contribution in [0.3, 0.4) is 0 Å². The van der Waals surface area contributed by atoms with Gasteiger partial charge in [-0.15, -0.1) is 0 Å². The summed E-state index contributed by atoms with van der Waals surface area (Å²) < 4.78 is 4.09. The Bertz CT molecular complexity index is 1090. The largest absolute Gasteiger partial charge is 0.508 e. The number of aryl methyl sites for hydroxylation is 1. The first kappa shape index (κ1) is 16.7. The second-order valence-corrected chi connectivity index (χ2v) is 7.29. The average molecular weight is 371 g/mol. The summed E-state index contributed by atoms with van der Waals surface area (Å²) in [5.41, 5.74) is 4.05. The molecule has 1 fully saturated rings. The van der Waals surface area contributed by atoms with E-state index in [0.717, 1.165) is 28.3 Å². The van der Waals surface area contributed by atoms with E-state index in [2.05, 4.69) is 26.8 Å². The maximum Gasteiger partial charge on any atom is 0.150 e. The number of benzene rings is 2. The van der Waals surface area contributed by atoms with Gasteiger partial charge in [-0.3, -0.25) is 4.68 Å². The van der Waals surface area contributed by atoms with E-state index >= 15 is 0 Å². The summed E-state index contributed by atoms with van der Waals surface area (Å²) in [7, 11) is 1.94. The fraction of sp³-hybridized carbons (Fsp3) is 0.227. The summed E-state index contributed by atoms with van der Waals surface area (Å²) in [6.07, 6.45) is 5.87. The van der Waals surface area contributed by atoms with E-state index in [9.17, 15) is 5.11 Å². The molecule has 1 aliphatic carbocycles. The number of aromatic hydroxyl groups is 1. The fourth-order valence-electron chi connectivity index (χ4n) is 3.83. The Morgan fingerprint density at radius 2 is 1.71 bits per heavy atom. The van der Waals surface area contributed by atoms with Gasteiger partial charge in [-0.25, -0.2) is 9.97 Å². The van der Waals surface area contributed by atoms with Crippen molar-refractivity contribution in [2.45, 2.75) is 18.9 Å². The highest BCUT2D eigenvalue weighted by Crippen LogP contribution is 2.46. The monoisotopic (exact) mass is 371 g/mol. The number of hydrogen-bond donors (Lipinski definition) is 1. The predicted octanol–water partition coefficient (Wildman–Crippen LogP) is 4.05. The van der Waals surface area contributed by atoms with Crippen LogP contribution >= 0.6 is 0 Å². The Labute approximate surface area is 163 Å². The van der Waals surface area contributed by atoms with E-state index < -0.39 is 0 Å². The zero-order valence-electron chi connectivity index (χ0n) is 15.6. The van der Waals surface area contributed by atoms with Gasteiger partial charge in [0.05, 0.1) is 23.8 Å². The van der Waals surface area contributed by atoms with Crippen molar-refractivity contribution in [1.82, 2.24) is 24.3 Å². The normalized spacial score (nSPS) is 14.9. The molecule has 4 aromatic rings. The molecule has 1 N–H and O–H groups in total. The molecule has 1 saturated carbocycles. The van der Waals surface area contributed by atoms with Crippen LogP contribution in [-0.4, -0.2) is 29.4 Å². The summed E-state index contributed by atoms with van der Waals surface area (Å²) in [6, 6.07) is 17.6. The molecule has 0 saturated heterocycles. The summed E-state index contributed by atoms with van der Waals surface area (Å²) in [5, 5.41) is 14.1. The van der Waals surface area contributed by atoms with Crippen molar-refractivity contribution in [3.63, 3.8) is 0 Å². The summed E-state index contributed by atoms with van der Waals surface area (Å²) in [5.74, 6) is 1.72. The second kappa shape index (κ2) is 6.64. The van der Waals surface area contributed by atoms with Crippen LogP contribution in [0.1, 0.15) is 24.7 Å². The van der Waals surface area contributed by atoms with Crippen LogP contribution in [-0.2, 0) is 7.05 Å². The minimum absolute atomic E-state index is 0.0845. The average Bonchev–Trinajstić information content (AvgIpc) is 3.32. The highest BCUT2D eigenvalue weighted by molar-refractivity contribution is 5.79. The first-order valence-electron chi connectivity index (χ1n) is 9.48. The van der Waals surface area contributed by atoms with Crippen molar-refractivity contribution in [3.8, 4) is 28.3 Å². The Kier molecular flexibility index (Phi) is 3.97. The Morgan fingerprint density at radius 1 is 0.964 bits per heavy atom. The highest BCUT2D eigenvalue weighted by Gasteiger charge is 2.38. The van der Waals surface area contributed by atoms with Crippen LogP contribution in [0.2, 0.25) is 0 Å². The van der Waals surface area contributed by atoms with Crippen LogP contribution in [0, 0.1) is 5.92 Å². The van der Waals surface area contributed by atoms with Crippen LogP contribution in [0.4, 0.5) is 0 Å². The lowest BCUT2D eigenvalue weighted by atomic mass is 10.0. The Hall–Kier alpha value is -3.41. The lowest BCUT2D eigenvalue weighted by molar-refractivity contribution is 0.471. The standard InChI is InChI=1S/C22H21N5O/c1-26-22(23-13-25-26)21(17-7-8-17)27-14-24-19(15-5-3-2-4-6-15)20(27)16-9-11-18(28)12-10-16/h2-6,9-14,17,21,28H,7-8H2,1H3/t21-/m0/s1. The van der Waals surface area contributed by atoms with Gasteiger partial charge >= 0.3 is 0 Å². The maximum atomic E-state index is 9.76. The molecule has 0 unspecified atom stereocenters. The second-order valence-electron chi connectivity index (χ2n) is 7.29. The molecule has 0 aliphatic heterocycles. The molecular formula is C22H21N5O. The fourth-order valence-corrected chi connectivity index (χ4v) is 3.83. The highest BCUT2D eigenvalue weighted by atomic mass is 16.3. The van der Waals surface area contributed by atoms with Gasteiger partial charge in [-0.2, -0.15) is 5.10 Å². The molecule has 28 heavy (non-hydrogen) atoms. The summed E-state index contributed by atoms with van der Waals surface area (Å²) >= 11 is 0. The molecule has 1 aliphatic rings. The van der Waals surface area contributed by atoms with Gasteiger partial charge in [0, 0.05) is 18.2 Å². The molecular weight excluding hydrogens is 350 g/mol. The molecule has 6 nitrogen and oxygen atoms in total. The van der Waals surface area contributed by atoms with E-state index in [1.807, 2.05) is 48.4 Å². The van der Waals surface area contributed by atoms with E-state index in [0.29, 0.717) is 5.92 Å². The molecule has 0 bridgehead atoms. The van der Waals surface area contributed by atoms with Crippen molar-refractivity contribution >= 4 is 0 Å². The van der Waals surface area contributed by atoms with E-state index in [4.69, 9.17) is 4.98 Å². The number of hydrogen-bond acceptors (Lipinski definition) is 4. The van der Waals surface area contributed by atoms with Gasteiger partial charge in [0.1, 0.15) is 17.9 Å². The molecule has 1 atom stereocenters. The number of imidazole rings is 1. The summed E-state index contributed by atoms with van der Waals surface area (Å²) in [6.45, 7) is 0. The minimum atomic E-state index is 0.0845. The zero-order chi connectivity index (χ0) is 19.1. The molecule has 2 heterocycles. The SMILES string of the molecule is Cn1ncnc1[C@H](C1CC1)n1cnc(-c2ccccc2)c1-c1ccc(O)cc1. The van der Waals surface area contributed by atoms with Gasteiger partial charge in [-0.1, -0.05) is 30.3 Å². The van der Waals surface area contributed by atoms with E-state index in [1.165, 1.54) is 12.8 Å². The van der Waals surface area contributed by atoms with Gasteiger partial charge in [-0.05, 0) is 43.0 Å². The Balaban J connectivity index is 1.73. The molecule has 5 rings (SSSR count). The zero-order valence-corrected chi connectivity index (χ0v) is 15.6. The first-order chi connectivity index (χ1) is 13.7. The minimum Gasteiger partial charge on any atom is -0.508 e. The predicted molar refractivity (Wildman–Crippen MR) is 107 cm³/mol. The third kappa shape index (κ3) is 2.87. The van der Waals surface area contributed by atoms with E-state index in [1.54, 1.807) is 18.5 Å². The van der Waals surface area contributed by atoms with Crippen LogP contribution < -0.4 is 0 Å². The molecule has 140 valence electrons. The third-order valence-electron chi connectivity index (χ3n) is 5.36. The lowest BCUT2D eigenvalue weighted by Gasteiger charge is -2.21. The van der Waals surface area contributed by atoms with Gasteiger partial charge in [0.15, 0.2) is 0 Å². The maximum absolute atomic E-state index is 9.76. The van der Waals surface area contributed by atoms with Crippen molar-refractivity contribution < 1.29 is 5.11 Å². The van der Waals surface area contributed by atoms with Crippen molar-refractivity contribution in [2.24, 2.45) is 13.0 Å². The number of rotatable bonds is 5. The smallest absolute Gasteiger partial charge is 0.150 e. The number of phenols is 1. The molecule has 0 radical (unpaired) electrons. The van der Waals surface area contributed by atoms with Gasteiger partial charge in [0.25, 0.3) is 0 Å². The quantitative estimate of drug-likeness (QED) is 0.575. The number of nitrogens with zero attached hydrogens (tertiary/aromatic N) is 5. The lowest BCUT2D eigenvalue weighted by Crippen LogP contribution is -2.18. The number of aromatic nitrogens is 5. The molecule has 6 heteroatoms. The van der Waals surface area contributed by atoms with E-state index in [-0.39, 0.29) is 11.8 Å². The van der Waals surface area contributed by atoms with Crippen molar-refractivity contribution in [1.29, 1.82) is 0 Å². The van der Waals surface area contributed by atoms with Gasteiger partial charge < -0.3 is 9.67 Å². The topological polar surface area (TPSA) is 68.8 Å². The van der Waals surface area contributed by atoms with Crippen LogP contribution in [0.5, 0.6) is 5.75 Å². The summed E-state index contributed by atoms with van der Waals surface area (Å²) in [4.78, 5) is 9.35. The van der Waals surface area contributed by atoms with Crippen molar-refractivity contribution in [2.75, 3.05) is 0 Å². The van der Waals surface area contributed by atoms with Crippen LogP contribution in [0.15, 0.2) is 67.3 Å². The first-order valence-corrected chi connectivity index (χ1v) is 9.48. The third-order valence-corrected chi connectivity index (χ3v) is 5.36. The molecule has 2 aromatic heterocycles. The number of phenolic OH excluding ortho intramolecular Hbond substituents is 1. The van der Waals surface area contributed by atoms with Crippen molar-refractivity contribution in [3.05, 3.63) is 73.1 Å². The molecule has 0 amide bonds. The van der Waals surface area contributed by atoms with Gasteiger partial charge in [0.2, 0.25) is 0 Å². The van der Waals surface area contributed by atoms with Crippen LogP contribution in [0.25, 0.3) is 22.5 Å². The Morgan fingerprint density at radius 3 is 2.36 bits per heavy atom. The molecule has 2 aromatic carbocycles.